The summed E-state index contributed by atoms with van der Waals surface area (Å²) >= 11 is 5.22. The largest absolute Gasteiger partial charge is 0.234 e. The fraction of sp³-hybridized carbons (Fsp3) is 0.700. The highest BCUT2D eigenvalue weighted by molar-refractivity contribution is 9.11. The summed E-state index contributed by atoms with van der Waals surface area (Å²) in [5, 5.41) is 0. The Morgan fingerprint density at radius 1 is 1.31 bits per heavy atom. The first-order valence-electron chi connectivity index (χ1n) is 4.65. The molecule has 0 atom stereocenters. The van der Waals surface area contributed by atoms with Crippen LogP contribution in [0.15, 0.2) is 3.92 Å². The molecule has 0 aliphatic heterocycles. The van der Waals surface area contributed by atoms with Crippen molar-refractivity contribution in [1.82, 2.24) is 4.98 Å². The summed E-state index contributed by atoms with van der Waals surface area (Å²) in [6, 6.07) is 0. The first kappa shape index (κ1) is 11.2. The molecule has 0 aliphatic rings. The molecule has 0 aromatic carbocycles. The van der Waals surface area contributed by atoms with E-state index in [9.17, 15) is 0 Å². The van der Waals surface area contributed by atoms with Gasteiger partial charge in [-0.2, -0.15) is 0 Å². The summed E-state index contributed by atoms with van der Waals surface area (Å²) in [4.78, 5) is 5.94. The Kier molecular flexibility index (Phi) is 3.92. The van der Waals surface area contributed by atoms with Crippen LogP contribution in [-0.4, -0.2) is 4.98 Å². The van der Waals surface area contributed by atoms with E-state index >= 15 is 0 Å². The van der Waals surface area contributed by atoms with E-state index in [0.717, 1.165) is 10.3 Å². The minimum Gasteiger partial charge on any atom is -0.234 e. The zero-order valence-electron chi connectivity index (χ0n) is 8.60. The first-order valence-corrected chi connectivity index (χ1v) is 6.26. The predicted molar refractivity (Wildman–Crippen MR) is 62.4 cm³/mol. The van der Waals surface area contributed by atoms with Crippen LogP contribution in [0.4, 0.5) is 0 Å². The third kappa shape index (κ3) is 3.06. The monoisotopic (exact) mass is 261 g/mol. The number of rotatable bonds is 3. The summed E-state index contributed by atoms with van der Waals surface area (Å²) in [5.41, 5.74) is 1.28. The van der Waals surface area contributed by atoms with Crippen molar-refractivity contribution in [1.29, 1.82) is 0 Å². The molecule has 1 nitrogen and oxygen atoms in total. The molecular formula is C10H16BrNS. The normalized spacial score (nSPS) is 11.6. The van der Waals surface area contributed by atoms with Crippen molar-refractivity contribution in [3.63, 3.8) is 0 Å². The van der Waals surface area contributed by atoms with Gasteiger partial charge in [-0.25, -0.2) is 4.98 Å². The van der Waals surface area contributed by atoms with Gasteiger partial charge < -0.3 is 0 Å². The highest BCUT2D eigenvalue weighted by Crippen LogP contribution is 2.30. The van der Waals surface area contributed by atoms with E-state index < -0.39 is 0 Å². The number of hydrogen-bond acceptors (Lipinski definition) is 2. The maximum absolute atomic E-state index is 4.51. The van der Waals surface area contributed by atoms with Gasteiger partial charge in [0.05, 0.1) is 5.69 Å². The average molecular weight is 262 g/mol. The molecule has 1 aromatic rings. The van der Waals surface area contributed by atoms with E-state index in [1.54, 1.807) is 11.3 Å². The minimum atomic E-state index is 0.595. The van der Waals surface area contributed by atoms with Crippen molar-refractivity contribution in [2.24, 2.45) is 5.92 Å². The topological polar surface area (TPSA) is 12.9 Å². The molecule has 1 heterocycles. The number of thiazole rings is 1. The van der Waals surface area contributed by atoms with Crippen molar-refractivity contribution >= 4 is 27.3 Å². The van der Waals surface area contributed by atoms with Crippen molar-refractivity contribution < 1.29 is 0 Å². The van der Waals surface area contributed by atoms with Gasteiger partial charge in [-0.1, -0.05) is 27.7 Å². The predicted octanol–water partition coefficient (Wildman–Crippen LogP) is 4.23. The number of halogens is 1. The van der Waals surface area contributed by atoms with Gasteiger partial charge in [-0.15, -0.1) is 11.3 Å². The van der Waals surface area contributed by atoms with Gasteiger partial charge >= 0.3 is 0 Å². The van der Waals surface area contributed by atoms with Crippen LogP contribution in [0, 0.1) is 5.92 Å². The zero-order chi connectivity index (χ0) is 10.0. The average Bonchev–Trinajstić information content (AvgIpc) is 2.29. The maximum Gasteiger partial charge on any atom is 0.159 e. The van der Waals surface area contributed by atoms with Crippen LogP contribution in [0.25, 0.3) is 0 Å². The van der Waals surface area contributed by atoms with Crippen molar-refractivity contribution in [3.8, 4) is 0 Å². The molecule has 0 fully saturated rings. The molecule has 0 saturated heterocycles. The lowest BCUT2D eigenvalue weighted by Crippen LogP contribution is -1.98. The standard InChI is InChI=1S/C10H16BrNS/c1-6(2)5-8-9(7(3)4)13-10(11)12-8/h6-7H,5H2,1-4H3. The zero-order valence-corrected chi connectivity index (χ0v) is 11.0. The first-order chi connectivity index (χ1) is 6.00. The van der Waals surface area contributed by atoms with Crippen molar-refractivity contribution in [2.45, 2.75) is 40.0 Å². The molecule has 0 unspecified atom stereocenters. The lowest BCUT2D eigenvalue weighted by Gasteiger charge is -2.06. The van der Waals surface area contributed by atoms with E-state index in [1.807, 2.05) is 0 Å². The third-order valence-electron chi connectivity index (χ3n) is 1.83. The molecule has 0 aliphatic carbocycles. The quantitative estimate of drug-likeness (QED) is 0.794. The van der Waals surface area contributed by atoms with Crippen LogP contribution < -0.4 is 0 Å². The summed E-state index contributed by atoms with van der Waals surface area (Å²) in [6.07, 6.45) is 1.09. The van der Waals surface area contributed by atoms with Crippen LogP contribution in [0.2, 0.25) is 0 Å². The summed E-state index contributed by atoms with van der Waals surface area (Å²) in [6.45, 7) is 8.92. The Morgan fingerprint density at radius 2 is 1.92 bits per heavy atom. The van der Waals surface area contributed by atoms with Crippen LogP contribution in [0.3, 0.4) is 0 Å². The smallest absolute Gasteiger partial charge is 0.159 e. The highest BCUT2D eigenvalue weighted by Gasteiger charge is 2.13. The lowest BCUT2D eigenvalue weighted by molar-refractivity contribution is 0.629. The highest BCUT2D eigenvalue weighted by atomic mass is 79.9. The van der Waals surface area contributed by atoms with Crippen LogP contribution in [-0.2, 0) is 6.42 Å². The second-order valence-corrected chi connectivity index (χ2v) is 6.34. The van der Waals surface area contributed by atoms with Gasteiger partial charge in [-0.05, 0) is 34.2 Å². The molecule has 1 rings (SSSR count). The van der Waals surface area contributed by atoms with E-state index in [1.165, 1.54) is 10.6 Å². The lowest BCUT2D eigenvalue weighted by atomic mass is 10.0. The summed E-state index contributed by atoms with van der Waals surface area (Å²) in [7, 11) is 0. The summed E-state index contributed by atoms with van der Waals surface area (Å²) < 4.78 is 1.02. The Labute approximate surface area is 92.7 Å². The number of aromatic nitrogens is 1. The molecule has 74 valence electrons. The fourth-order valence-corrected chi connectivity index (χ4v) is 2.87. The Morgan fingerprint density at radius 3 is 2.38 bits per heavy atom. The van der Waals surface area contributed by atoms with Crippen LogP contribution in [0.1, 0.15) is 44.2 Å². The van der Waals surface area contributed by atoms with Gasteiger partial charge in [0.25, 0.3) is 0 Å². The number of nitrogens with zero attached hydrogens (tertiary/aromatic N) is 1. The van der Waals surface area contributed by atoms with E-state index in [4.69, 9.17) is 0 Å². The molecule has 1 aromatic heterocycles. The van der Waals surface area contributed by atoms with Crippen LogP contribution >= 0.6 is 27.3 Å². The molecule has 13 heavy (non-hydrogen) atoms. The number of hydrogen-bond donors (Lipinski definition) is 0. The molecule has 0 saturated carbocycles. The molecule has 0 N–H and O–H groups in total. The minimum absolute atomic E-state index is 0.595. The second kappa shape index (κ2) is 4.56. The third-order valence-corrected chi connectivity index (χ3v) is 3.68. The van der Waals surface area contributed by atoms with Crippen molar-refractivity contribution in [3.05, 3.63) is 14.5 Å². The van der Waals surface area contributed by atoms with E-state index in [-0.39, 0.29) is 0 Å². The Bertz CT molecular complexity index is 278. The van der Waals surface area contributed by atoms with E-state index in [0.29, 0.717) is 11.8 Å². The second-order valence-electron chi connectivity index (χ2n) is 4.03. The van der Waals surface area contributed by atoms with Crippen LogP contribution in [0.5, 0.6) is 0 Å². The van der Waals surface area contributed by atoms with Gasteiger partial charge in [0.1, 0.15) is 0 Å². The van der Waals surface area contributed by atoms with Gasteiger partial charge in [0.2, 0.25) is 0 Å². The fourth-order valence-electron chi connectivity index (χ4n) is 1.32. The molecular weight excluding hydrogens is 246 g/mol. The molecule has 0 bridgehead atoms. The Balaban J connectivity index is 2.91. The summed E-state index contributed by atoms with van der Waals surface area (Å²) in [5.74, 6) is 1.28. The molecule has 0 radical (unpaired) electrons. The van der Waals surface area contributed by atoms with Gasteiger partial charge in [0.15, 0.2) is 3.92 Å². The SMILES string of the molecule is CC(C)Cc1nc(Br)sc1C(C)C. The maximum atomic E-state index is 4.51. The Hall–Kier alpha value is 0.110. The van der Waals surface area contributed by atoms with Gasteiger partial charge in [0, 0.05) is 4.88 Å². The molecule has 0 spiro atoms. The van der Waals surface area contributed by atoms with Gasteiger partial charge in [-0.3, -0.25) is 0 Å². The molecule has 3 heteroatoms. The molecule has 0 amide bonds. The van der Waals surface area contributed by atoms with Crippen molar-refractivity contribution in [2.75, 3.05) is 0 Å². The van der Waals surface area contributed by atoms with E-state index in [2.05, 4.69) is 48.6 Å².